The molecule has 3 nitrogen and oxygen atoms in total. The number of aromatic nitrogens is 2. The second kappa shape index (κ2) is 5.16. The van der Waals surface area contributed by atoms with Gasteiger partial charge >= 0.3 is 0 Å². The molecular weight excluding hydrogens is 412 g/mol. The van der Waals surface area contributed by atoms with Crippen LogP contribution in [-0.2, 0) is 0 Å². The zero-order valence-corrected chi connectivity index (χ0v) is 13.7. The van der Waals surface area contributed by atoms with Gasteiger partial charge in [0.2, 0.25) is 0 Å². The molecule has 18 heavy (non-hydrogen) atoms. The Kier molecular flexibility index (Phi) is 3.96. The number of nitrogens with two attached hydrogens (primary N) is 1. The average Bonchev–Trinajstić information content (AvgIpc) is 2.60. The lowest BCUT2D eigenvalue weighted by Gasteiger charge is -2.15. The van der Waals surface area contributed by atoms with Crippen molar-refractivity contribution >= 4 is 44.3 Å². The van der Waals surface area contributed by atoms with E-state index in [1.807, 2.05) is 13.8 Å². The first-order valence-electron chi connectivity index (χ1n) is 5.37. The first-order valence-corrected chi connectivity index (χ1v) is 7.24. The van der Waals surface area contributed by atoms with Crippen LogP contribution in [0.25, 0.3) is 0 Å². The summed E-state index contributed by atoms with van der Waals surface area (Å²) in [5.74, 6) is 0.367. The molecule has 0 aliphatic carbocycles. The molecule has 0 spiro atoms. The highest BCUT2D eigenvalue weighted by Crippen LogP contribution is 2.28. The van der Waals surface area contributed by atoms with Crippen molar-refractivity contribution in [3.63, 3.8) is 0 Å². The third-order valence-electron chi connectivity index (χ3n) is 2.84. The Morgan fingerprint density at radius 2 is 2.17 bits per heavy atom. The van der Waals surface area contributed by atoms with Crippen LogP contribution in [0.5, 0.6) is 0 Å². The van der Waals surface area contributed by atoms with Gasteiger partial charge in [-0.2, -0.15) is 5.10 Å². The Hall–Kier alpha value is -0.630. The molecule has 96 valence electrons. The highest BCUT2D eigenvalue weighted by Gasteiger charge is 2.17. The largest absolute Gasteiger partial charge is 0.383 e. The number of anilines is 1. The van der Waals surface area contributed by atoms with E-state index in [4.69, 9.17) is 5.73 Å². The molecule has 1 aromatic carbocycles. The second-order valence-corrected chi connectivity index (χ2v) is 6.01. The molecule has 0 saturated carbocycles. The predicted octanol–water partition coefficient (Wildman–Crippen LogP) is 3.89. The van der Waals surface area contributed by atoms with Gasteiger partial charge in [0.1, 0.15) is 11.6 Å². The number of halogens is 3. The maximum absolute atomic E-state index is 13.2. The molecule has 1 aromatic heterocycles. The lowest BCUT2D eigenvalue weighted by molar-refractivity contribution is 0.564. The molecule has 2 N–H and O–H groups in total. The number of rotatable bonds is 2. The quantitative estimate of drug-likeness (QED) is 0.744. The molecule has 6 heteroatoms. The van der Waals surface area contributed by atoms with Gasteiger partial charge in [0.25, 0.3) is 0 Å². The van der Waals surface area contributed by atoms with E-state index in [9.17, 15) is 4.39 Å². The van der Waals surface area contributed by atoms with Crippen molar-refractivity contribution in [2.45, 2.75) is 19.9 Å². The van der Waals surface area contributed by atoms with Gasteiger partial charge in [-0.15, -0.1) is 0 Å². The van der Waals surface area contributed by atoms with Crippen LogP contribution < -0.4 is 5.73 Å². The van der Waals surface area contributed by atoms with Crippen LogP contribution in [0.3, 0.4) is 0 Å². The summed E-state index contributed by atoms with van der Waals surface area (Å²) in [6.45, 7) is 3.90. The molecule has 0 bridgehead atoms. The average molecular weight is 424 g/mol. The maximum Gasteiger partial charge on any atom is 0.137 e. The molecule has 2 rings (SSSR count). The number of aryl methyl sites for hydroxylation is 1. The Morgan fingerprint density at radius 3 is 2.67 bits per heavy atom. The molecule has 1 unspecified atom stereocenters. The van der Waals surface area contributed by atoms with Crippen molar-refractivity contribution in [3.8, 4) is 0 Å². The zero-order valence-electron chi connectivity index (χ0n) is 9.92. The van der Waals surface area contributed by atoms with E-state index in [1.165, 1.54) is 6.07 Å². The van der Waals surface area contributed by atoms with Gasteiger partial charge in [0.15, 0.2) is 0 Å². The molecule has 0 aliphatic heterocycles. The highest BCUT2D eigenvalue weighted by molar-refractivity contribution is 14.1. The van der Waals surface area contributed by atoms with Gasteiger partial charge in [-0.25, -0.2) is 9.07 Å². The van der Waals surface area contributed by atoms with Crippen LogP contribution in [0, 0.1) is 16.3 Å². The minimum atomic E-state index is -0.273. The molecule has 0 amide bonds. The molecule has 1 heterocycles. The van der Waals surface area contributed by atoms with E-state index in [1.54, 1.807) is 16.8 Å². The van der Waals surface area contributed by atoms with E-state index in [0.717, 1.165) is 14.8 Å². The smallest absolute Gasteiger partial charge is 0.137 e. The first kappa shape index (κ1) is 13.8. The van der Waals surface area contributed by atoms with Crippen molar-refractivity contribution in [2.24, 2.45) is 0 Å². The third-order valence-corrected chi connectivity index (χ3v) is 4.78. The topological polar surface area (TPSA) is 43.8 Å². The Labute approximate surface area is 127 Å². The van der Waals surface area contributed by atoms with Crippen molar-refractivity contribution in [1.82, 2.24) is 9.78 Å². The number of nitrogen functional groups attached to an aromatic ring is 1. The van der Waals surface area contributed by atoms with Gasteiger partial charge in [-0.3, -0.25) is 0 Å². The third kappa shape index (κ3) is 2.40. The van der Waals surface area contributed by atoms with Gasteiger partial charge in [0, 0.05) is 0 Å². The van der Waals surface area contributed by atoms with Crippen LogP contribution in [0.1, 0.15) is 24.2 Å². The Balaban J connectivity index is 2.44. The highest BCUT2D eigenvalue weighted by atomic mass is 127. The van der Waals surface area contributed by atoms with Gasteiger partial charge in [-0.1, -0.05) is 6.07 Å². The Morgan fingerprint density at radius 1 is 1.50 bits per heavy atom. The summed E-state index contributed by atoms with van der Waals surface area (Å²) < 4.78 is 16.4. The monoisotopic (exact) mass is 423 g/mol. The molecule has 2 aromatic rings. The lowest BCUT2D eigenvalue weighted by atomic mass is 10.1. The molecule has 0 radical (unpaired) electrons. The molecule has 0 aliphatic rings. The summed E-state index contributed by atoms with van der Waals surface area (Å²) >= 11 is 5.36. The van der Waals surface area contributed by atoms with Crippen LogP contribution in [0.15, 0.2) is 22.7 Å². The van der Waals surface area contributed by atoms with Gasteiger partial charge in [-0.05, 0) is 70.1 Å². The van der Waals surface area contributed by atoms with Crippen LogP contribution in [0.2, 0.25) is 0 Å². The van der Waals surface area contributed by atoms with Gasteiger partial charge < -0.3 is 5.73 Å². The lowest BCUT2D eigenvalue weighted by Crippen LogP contribution is -2.12. The number of nitrogens with zero attached hydrogens (tertiary/aromatic N) is 2. The predicted molar refractivity (Wildman–Crippen MR) is 82.0 cm³/mol. The normalized spacial score (nSPS) is 12.7. The van der Waals surface area contributed by atoms with E-state index in [0.29, 0.717) is 10.3 Å². The van der Waals surface area contributed by atoms with Gasteiger partial charge in [0.05, 0.1) is 19.8 Å². The van der Waals surface area contributed by atoms with Crippen LogP contribution in [0.4, 0.5) is 10.2 Å². The number of hydrogen-bond donors (Lipinski definition) is 1. The number of hydrogen-bond acceptors (Lipinski definition) is 2. The van der Waals surface area contributed by atoms with Crippen molar-refractivity contribution in [2.75, 3.05) is 5.73 Å². The summed E-state index contributed by atoms with van der Waals surface area (Å²) in [7, 11) is 0. The molecule has 1 atom stereocenters. The van der Waals surface area contributed by atoms with E-state index in [2.05, 4.69) is 43.6 Å². The summed E-state index contributed by atoms with van der Waals surface area (Å²) in [5.41, 5.74) is 7.87. The second-order valence-electron chi connectivity index (χ2n) is 4.08. The van der Waals surface area contributed by atoms with Crippen LogP contribution in [-0.4, -0.2) is 9.78 Å². The van der Waals surface area contributed by atoms with Crippen LogP contribution >= 0.6 is 38.5 Å². The SMILES string of the molecule is Cc1nn(C(C)c2ccc(F)c(Br)c2)c(N)c1I. The number of benzene rings is 1. The van der Waals surface area contributed by atoms with Crippen molar-refractivity contribution < 1.29 is 4.39 Å². The maximum atomic E-state index is 13.2. The fourth-order valence-corrected chi connectivity index (χ4v) is 2.51. The molecule has 0 fully saturated rings. The molecular formula is C12H12BrFIN3. The van der Waals surface area contributed by atoms with E-state index < -0.39 is 0 Å². The van der Waals surface area contributed by atoms with E-state index >= 15 is 0 Å². The van der Waals surface area contributed by atoms with Crippen molar-refractivity contribution in [1.29, 1.82) is 0 Å². The summed E-state index contributed by atoms with van der Waals surface area (Å²) in [6.07, 6.45) is 0. The fourth-order valence-electron chi connectivity index (χ4n) is 1.75. The minimum absolute atomic E-state index is 0.0379. The molecule has 0 saturated heterocycles. The van der Waals surface area contributed by atoms with E-state index in [-0.39, 0.29) is 11.9 Å². The first-order chi connectivity index (χ1) is 8.41. The van der Waals surface area contributed by atoms with Crippen molar-refractivity contribution in [3.05, 3.63) is 43.3 Å². The minimum Gasteiger partial charge on any atom is -0.383 e. The summed E-state index contributed by atoms with van der Waals surface area (Å²) in [5, 5.41) is 4.41. The summed E-state index contributed by atoms with van der Waals surface area (Å²) in [6, 6.07) is 4.90. The fraction of sp³-hybridized carbons (Fsp3) is 0.250. The standard InChI is InChI=1S/C12H12BrFIN3/c1-6-11(15)12(16)18(17-6)7(2)8-3-4-10(14)9(13)5-8/h3-5,7H,16H2,1-2H3. The summed E-state index contributed by atoms with van der Waals surface area (Å²) in [4.78, 5) is 0. The zero-order chi connectivity index (χ0) is 13.4. The Bertz CT molecular complexity index is 597.